The molecule has 0 N–H and O–H groups in total. The third kappa shape index (κ3) is 6.04. The maximum absolute atomic E-state index is 12.8. The first-order valence-electron chi connectivity index (χ1n) is 8.33. The van der Waals surface area contributed by atoms with Crippen LogP contribution in [0.3, 0.4) is 0 Å². The highest BCUT2D eigenvalue weighted by atomic mass is 16.5. The van der Waals surface area contributed by atoms with Gasteiger partial charge in [-0.15, -0.1) is 0 Å². The van der Waals surface area contributed by atoms with Gasteiger partial charge in [-0.3, -0.25) is 14.5 Å². The largest absolute Gasteiger partial charge is 0.465 e. The fraction of sp³-hybridized carbons (Fsp3) is 0.300. The molecule has 0 aliphatic carbocycles. The Morgan fingerprint density at radius 1 is 0.920 bits per heavy atom. The molecule has 2 rings (SSSR count). The number of benzene rings is 2. The molecule has 0 saturated carbocycles. The van der Waals surface area contributed by atoms with Crippen LogP contribution >= 0.6 is 0 Å². The summed E-state index contributed by atoms with van der Waals surface area (Å²) in [4.78, 5) is 28.0. The van der Waals surface area contributed by atoms with Crippen LogP contribution in [0.5, 0.6) is 0 Å². The van der Waals surface area contributed by atoms with Gasteiger partial charge in [-0.25, -0.2) is 0 Å². The van der Waals surface area contributed by atoms with Crippen molar-refractivity contribution in [2.75, 3.05) is 31.6 Å². The van der Waals surface area contributed by atoms with Crippen molar-refractivity contribution in [3.05, 3.63) is 66.2 Å². The molecule has 0 atom stereocenters. The lowest BCUT2D eigenvalue weighted by Crippen LogP contribution is -2.42. The number of para-hydroxylation sites is 1. The molecule has 0 heterocycles. The second-order valence-corrected chi connectivity index (χ2v) is 5.78. The third-order valence-electron chi connectivity index (χ3n) is 3.66. The molecular weight excluding hydrogens is 316 g/mol. The molecule has 0 aromatic heterocycles. The quantitative estimate of drug-likeness (QED) is 0.693. The lowest BCUT2D eigenvalue weighted by atomic mass is 10.2. The number of hydrogen-bond donors (Lipinski definition) is 0. The van der Waals surface area contributed by atoms with Crippen LogP contribution in [0.15, 0.2) is 60.7 Å². The van der Waals surface area contributed by atoms with Crippen molar-refractivity contribution in [1.29, 1.82) is 0 Å². The lowest BCUT2D eigenvalue weighted by molar-refractivity contribution is -0.142. The summed E-state index contributed by atoms with van der Waals surface area (Å²) in [6, 6.07) is 19.1. The molecule has 25 heavy (non-hydrogen) atoms. The van der Waals surface area contributed by atoms with Gasteiger partial charge in [0.25, 0.3) is 0 Å². The van der Waals surface area contributed by atoms with Crippen LogP contribution < -0.4 is 4.90 Å². The normalized spacial score (nSPS) is 10.5. The van der Waals surface area contributed by atoms with Crippen LogP contribution in [-0.2, 0) is 20.9 Å². The zero-order valence-corrected chi connectivity index (χ0v) is 14.7. The van der Waals surface area contributed by atoms with Gasteiger partial charge in [0.1, 0.15) is 6.54 Å². The Bertz CT molecular complexity index is 674. The van der Waals surface area contributed by atoms with E-state index in [0.29, 0.717) is 18.8 Å². The molecule has 1 amide bonds. The van der Waals surface area contributed by atoms with E-state index in [1.165, 1.54) is 4.90 Å². The number of anilines is 1. The second-order valence-electron chi connectivity index (χ2n) is 5.78. The molecule has 0 fully saturated rings. The van der Waals surface area contributed by atoms with Crippen LogP contribution in [0.2, 0.25) is 0 Å². The molecule has 0 unspecified atom stereocenters. The maximum atomic E-state index is 12.8. The first-order chi connectivity index (χ1) is 12.1. The molecular formula is C20H24N2O3. The van der Waals surface area contributed by atoms with Crippen molar-refractivity contribution in [3.63, 3.8) is 0 Å². The number of amides is 1. The number of carbonyl (C=O) groups is 2. The first-order valence-corrected chi connectivity index (χ1v) is 8.33. The summed E-state index contributed by atoms with van der Waals surface area (Å²) in [6.45, 7) is 2.83. The number of hydrogen-bond acceptors (Lipinski definition) is 4. The van der Waals surface area contributed by atoms with Crippen molar-refractivity contribution < 1.29 is 14.3 Å². The van der Waals surface area contributed by atoms with Gasteiger partial charge in [-0.2, -0.15) is 0 Å². The Morgan fingerprint density at radius 2 is 1.52 bits per heavy atom. The SMILES string of the molecule is CCOC(=O)CN(C(=O)CN(C)Cc1ccccc1)c1ccccc1. The predicted octanol–water partition coefficient (Wildman–Crippen LogP) is 2.71. The average Bonchev–Trinajstić information content (AvgIpc) is 2.61. The minimum absolute atomic E-state index is 0.0874. The summed E-state index contributed by atoms with van der Waals surface area (Å²) in [5.74, 6) is -0.553. The highest BCUT2D eigenvalue weighted by Crippen LogP contribution is 2.14. The summed E-state index contributed by atoms with van der Waals surface area (Å²) in [6.07, 6.45) is 0. The van der Waals surface area contributed by atoms with Crippen LogP contribution in [0, 0.1) is 0 Å². The lowest BCUT2D eigenvalue weighted by Gasteiger charge is -2.25. The van der Waals surface area contributed by atoms with Crippen LogP contribution in [0.4, 0.5) is 5.69 Å². The summed E-state index contributed by atoms with van der Waals surface area (Å²) in [5, 5.41) is 0. The summed E-state index contributed by atoms with van der Waals surface area (Å²) < 4.78 is 5.00. The maximum Gasteiger partial charge on any atom is 0.326 e. The second kappa shape index (κ2) is 9.59. The Hall–Kier alpha value is -2.66. The minimum Gasteiger partial charge on any atom is -0.465 e. The van der Waals surface area contributed by atoms with Crippen molar-refractivity contribution >= 4 is 17.6 Å². The molecule has 0 spiro atoms. The van der Waals surface area contributed by atoms with Crippen molar-refractivity contribution in [2.45, 2.75) is 13.5 Å². The standard InChI is InChI=1S/C20H24N2O3/c1-3-25-20(24)16-22(18-12-8-5-9-13-18)19(23)15-21(2)14-17-10-6-4-7-11-17/h4-13H,3,14-16H2,1-2H3. The van der Waals surface area contributed by atoms with E-state index in [2.05, 4.69) is 0 Å². The molecule has 2 aromatic rings. The number of esters is 1. The predicted molar refractivity (Wildman–Crippen MR) is 98.2 cm³/mol. The molecule has 0 aliphatic rings. The van der Waals surface area contributed by atoms with E-state index in [1.54, 1.807) is 6.92 Å². The molecule has 0 saturated heterocycles. The van der Waals surface area contributed by atoms with E-state index < -0.39 is 5.97 Å². The Morgan fingerprint density at radius 3 is 2.12 bits per heavy atom. The molecule has 5 heteroatoms. The zero-order chi connectivity index (χ0) is 18.1. The smallest absolute Gasteiger partial charge is 0.326 e. The van der Waals surface area contributed by atoms with Gasteiger partial charge in [0.15, 0.2) is 0 Å². The van der Waals surface area contributed by atoms with E-state index in [-0.39, 0.29) is 19.0 Å². The van der Waals surface area contributed by atoms with Crippen molar-refractivity contribution in [1.82, 2.24) is 4.90 Å². The molecule has 2 aromatic carbocycles. The number of nitrogens with zero attached hydrogens (tertiary/aromatic N) is 2. The van der Waals surface area contributed by atoms with Gasteiger partial charge >= 0.3 is 5.97 Å². The number of likely N-dealkylation sites (N-methyl/N-ethyl adjacent to an activating group) is 1. The summed E-state index contributed by atoms with van der Waals surface area (Å²) >= 11 is 0. The van der Waals surface area contributed by atoms with Gasteiger partial charge in [-0.05, 0) is 31.7 Å². The molecule has 0 aliphatic heterocycles. The topological polar surface area (TPSA) is 49.9 Å². The average molecular weight is 340 g/mol. The monoisotopic (exact) mass is 340 g/mol. The molecule has 0 radical (unpaired) electrons. The van der Waals surface area contributed by atoms with Crippen LogP contribution in [0.25, 0.3) is 0 Å². The third-order valence-corrected chi connectivity index (χ3v) is 3.66. The van der Waals surface area contributed by atoms with Gasteiger partial charge in [0, 0.05) is 12.2 Å². The number of rotatable bonds is 8. The molecule has 132 valence electrons. The summed E-state index contributed by atoms with van der Waals surface area (Å²) in [5.41, 5.74) is 1.82. The van der Waals surface area contributed by atoms with E-state index in [1.807, 2.05) is 72.6 Å². The van der Waals surface area contributed by atoms with Gasteiger partial charge in [0.2, 0.25) is 5.91 Å². The minimum atomic E-state index is -0.412. The van der Waals surface area contributed by atoms with Crippen molar-refractivity contribution in [3.8, 4) is 0 Å². The van der Waals surface area contributed by atoms with Crippen LogP contribution in [-0.4, -0.2) is 43.5 Å². The van der Waals surface area contributed by atoms with E-state index in [0.717, 1.165) is 5.56 Å². The fourth-order valence-corrected chi connectivity index (χ4v) is 2.53. The first kappa shape index (κ1) is 18.7. The van der Waals surface area contributed by atoms with Crippen molar-refractivity contribution in [2.24, 2.45) is 0 Å². The van der Waals surface area contributed by atoms with E-state index in [9.17, 15) is 9.59 Å². The molecule has 0 bridgehead atoms. The van der Waals surface area contributed by atoms with E-state index in [4.69, 9.17) is 4.74 Å². The zero-order valence-electron chi connectivity index (χ0n) is 14.7. The fourth-order valence-electron chi connectivity index (χ4n) is 2.53. The Balaban J connectivity index is 2.05. The Kier molecular flexibility index (Phi) is 7.16. The molecule has 5 nitrogen and oxygen atoms in total. The summed E-state index contributed by atoms with van der Waals surface area (Å²) in [7, 11) is 1.89. The number of carbonyl (C=O) groups excluding carboxylic acids is 2. The van der Waals surface area contributed by atoms with Gasteiger partial charge in [0.05, 0.1) is 13.2 Å². The number of ether oxygens (including phenoxy) is 1. The van der Waals surface area contributed by atoms with Gasteiger partial charge < -0.3 is 9.64 Å². The highest BCUT2D eigenvalue weighted by molar-refractivity contribution is 5.98. The van der Waals surface area contributed by atoms with Gasteiger partial charge in [-0.1, -0.05) is 48.5 Å². The Labute approximate surface area is 148 Å². The highest BCUT2D eigenvalue weighted by Gasteiger charge is 2.21. The van der Waals surface area contributed by atoms with Crippen LogP contribution in [0.1, 0.15) is 12.5 Å². The van der Waals surface area contributed by atoms with E-state index >= 15 is 0 Å².